The zero-order valence-corrected chi connectivity index (χ0v) is 69.0. The van der Waals surface area contributed by atoms with Gasteiger partial charge in [-0.15, -0.1) is 0 Å². The summed E-state index contributed by atoms with van der Waals surface area (Å²) >= 11 is 0. The molecule has 12 nitrogen and oxygen atoms in total. The molecule has 0 spiro atoms. The largest absolute Gasteiger partial charge is 0.457 e. The summed E-state index contributed by atoms with van der Waals surface area (Å²) in [6.45, 7) is 29.6. The summed E-state index contributed by atoms with van der Waals surface area (Å²) in [5, 5.41) is 0. The fraction of sp³-hybridized carbons (Fsp3) is 0.691. The van der Waals surface area contributed by atoms with Gasteiger partial charge in [0.1, 0.15) is 22.4 Å². The molecule has 8 unspecified atom stereocenters. The van der Waals surface area contributed by atoms with Crippen molar-refractivity contribution in [2.24, 2.45) is 93.7 Å². The third-order valence-corrected chi connectivity index (χ3v) is 31.8. The lowest BCUT2D eigenvalue weighted by molar-refractivity contribution is -0.304. The second-order valence-corrected chi connectivity index (χ2v) is 38.8. The van der Waals surface area contributed by atoms with Crippen molar-refractivity contribution in [1.82, 2.24) is 0 Å². The molecule has 12 heteroatoms. The van der Waals surface area contributed by atoms with E-state index in [-0.39, 0.29) is 47.2 Å². The van der Waals surface area contributed by atoms with Crippen LogP contribution < -0.4 is 0 Å². The lowest BCUT2D eigenvalue weighted by atomic mass is 9.28. The normalized spacial score (nSPS) is 32.9. The highest BCUT2D eigenvalue weighted by atomic mass is 16.6. The van der Waals surface area contributed by atoms with Gasteiger partial charge in [0.25, 0.3) is 0 Å². The number of carbonyl (C=O) groups is 6. The number of carbonyl (C=O) groups excluding carboxylic acids is 6. The van der Waals surface area contributed by atoms with Crippen molar-refractivity contribution in [3.05, 3.63) is 142 Å². The lowest BCUT2D eigenvalue weighted by Gasteiger charge is -2.77. The van der Waals surface area contributed by atoms with Crippen LogP contribution in [0, 0.1) is 93.7 Å². The SMILES string of the molecule is CCC(C)c1ccc(C(=O)OC(C)(C)C23CC4CC5C6CC(CC52)CC3C6C4)cc1.CCC(C)c1ccc(C(=O)OC2(CC)C3CC4CC(C3)CC2C4)cc1.CCC(C)c1ccc(C(=O)OCC(=O)OC(C)(C)C23CC4CC(CC(C4)C2)C3)cc1.CCC(C)c1ccc(C(=O)OCC(=O)OC2(C)CCCCC2)cc1. The molecular formula is C97H134O12. The van der Waals surface area contributed by atoms with Crippen LogP contribution >= 0.6 is 0 Å². The molecule has 0 amide bonds. The Bertz CT molecular complexity index is 3730. The van der Waals surface area contributed by atoms with Gasteiger partial charge < -0.3 is 28.4 Å². The Morgan fingerprint density at radius 3 is 1.15 bits per heavy atom. The third-order valence-electron chi connectivity index (χ3n) is 31.8. The minimum absolute atomic E-state index is 0.0905. The molecule has 20 rings (SSSR count). The van der Waals surface area contributed by atoms with Crippen molar-refractivity contribution < 1.29 is 57.2 Å². The van der Waals surface area contributed by atoms with E-state index in [2.05, 4.69) is 114 Å². The first-order valence-corrected chi connectivity index (χ1v) is 43.7. The Balaban J connectivity index is 0.000000129. The molecule has 0 radical (unpaired) electrons. The van der Waals surface area contributed by atoms with Gasteiger partial charge in [0.2, 0.25) is 0 Å². The zero-order chi connectivity index (χ0) is 77.5. The highest BCUT2D eigenvalue weighted by Crippen LogP contribution is 2.79. The van der Waals surface area contributed by atoms with Crippen molar-refractivity contribution in [3.63, 3.8) is 0 Å². The van der Waals surface area contributed by atoms with E-state index in [4.69, 9.17) is 28.4 Å². The van der Waals surface area contributed by atoms with Crippen molar-refractivity contribution in [3.8, 4) is 0 Å². The molecule has 8 atom stereocenters. The smallest absolute Gasteiger partial charge is 0.344 e. The summed E-state index contributed by atoms with van der Waals surface area (Å²) < 4.78 is 34.7. The standard InChI is InChI=1S/C28H38O2.C26H36O4.C23H32O2.C20H28O4/c1-5-16(2)19-6-8-20(9-7-19)26(29)30-27(3,4)28-15-18-11-22-21-10-17(13-24(22)28)14-25(28)23(21)12-18;1-5-17(2)21-6-8-22(9-7-21)24(28)29-16-23(27)30-25(3,4)26-13-18-10-19(14-26)12-20(11-18)15-26;1-4-15(3)18-6-8-19(9-7-18)22(24)25-23(5-2)20-11-16-10-17(13-20)14-21(23)12-16;1-4-15(2)16-8-10-17(11-9-16)19(22)23-14-18(21)24-20(3)12-6-5-7-13-20/h6-9,16-18,21-25H,5,10-15H2,1-4H3;6-9,17-20H,5,10-16H2,1-4H3;6-9,15-17,20-21H,4-5,10-14H2,1-3H3;8-11,15H,4-7,12-14H2,1-3H3. The molecule has 16 aliphatic carbocycles. The minimum atomic E-state index is -0.523. The summed E-state index contributed by atoms with van der Waals surface area (Å²) in [6, 6.07) is 31.1. The van der Waals surface area contributed by atoms with Gasteiger partial charge in [0.05, 0.1) is 22.3 Å². The summed E-state index contributed by atoms with van der Waals surface area (Å²) in [5.41, 5.74) is 6.18. The number of ether oxygens (including phenoxy) is 6. The van der Waals surface area contributed by atoms with Crippen LogP contribution in [0.15, 0.2) is 97.1 Å². The molecule has 16 saturated carbocycles. The van der Waals surface area contributed by atoms with Gasteiger partial charge in [-0.05, 0) is 379 Å². The van der Waals surface area contributed by atoms with Crippen LogP contribution in [0.4, 0.5) is 0 Å². The van der Waals surface area contributed by atoms with E-state index in [0.717, 1.165) is 129 Å². The quantitative estimate of drug-likeness (QED) is 0.0512. The van der Waals surface area contributed by atoms with Crippen molar-refractivity contribution >= 4 is 35.8 Å². The summed E-state index contributed by atoms with van der Waals surface area (Å²) in [5.74, 6) is 11.5. The Morgan fingerprint density at radius 2 is 0.743 bits per heavy atom. The summed E-state index contributed by atoms with van der Waals surface area (Å²) in [4.78, 5) is 75.1. The fourth-order valence-corrected chi connectivity index (χ4v) is 25.6. The van der Waals surface area contributed by atoms with E-state index < -0.39 is 35.1 Å². The number of hydrogen-bond acceptors (Lipinski definition) is 12. The van der Waals surface area contributed by atoms with E-state index in [0.29, 0.717) is 57.8 Å². The Hall–Kier alpha value is -6.30. The molecular weight excluding hydrogens is 1360 g/mol. The molecule has 0 aromatic heterocycles. The monoisotopic (exact) mass is 1490 g/mol. The molecule has 0 N–H and O–H groups in total. The molecule has 594 valence electrons. The number of esters is 6. The summed E-state index contributed by atoms with van der Waals surface area (Å²) in [7, 11) is 0. The van der Waals surface area contributed by atoms with Crippen LogP contribution in [0.5, 0.6) is 0 Å². The van der Waals surface area contributed by atoms with E-state index in [9.17, 15) is 28.8 Å². The van der Waals surface area contributed by atoms with Crippen molar-refractivity contribution in [2.75, 3.05) is 13.2 Å². The predicted octanol–water partition coefficient (Wildman–Crippen LogP) is 23.3. The lowest BCUT2D eigenvalue weighted by Crippen LogP contribution is -2.73. The number of hydrogen-bond donors (Lipinski definition) is 0. The second kappa shape index (κ2) is 33.0. The molecule has 0 aliphatic heterocycles. The van der Waals surface area contributed by atoms with Gasteiger partial charge in [0.15, 0.2) is 13.2 Å². The topological polar surface area (TPSA) is 158 Å². The van der Waals surface area contributed by atoms with Gasteiger partial charge in [0, 0.05) is 10.8 Å². The second-order valence-electron chi connectivity index (χ2n) is 38.8. The van der Waals surface area contributed by atoms with Gasteiger partial charge in [-0.25, -0.2) is 28.8 Å². The maximum absolute atomic E-state index is 13.3. The number of rotatable bonds is 23. The van der Waals surface area contributed by atoms with Crippen LogP contribution in [0.1, 0.15) is 358 Å². The molecule has 16 aliphatic rings. The van der Waals surface area contributed by atoms with Crippen LogP contribution in [0.2, 0.25) is 0 Å². The number of benzene rings is 4. The van der Waals surface area contributed by atoms with Crippen LogP contribution in [0.25, 0.3) is 0 Å². The maximum atomic E-state index is 13.3. The van der Waals surface area contributed by atoms with Gasteiger partial charge in [-0.2, -0.15) is 0 Å². The highest BCUT2D eigenvalue weighted by molar-refractivity contribution is 5.92. The molecule has 4 aromatic rings. The first-order chi connectivity index (χ1) is 52.0. The van der Waals surface area contributed by atoms with Crippen molar-refractivity contribution in [2.45, 2.75) is 316 Å². The molecule has 16 fully saturated rings. The van der Waals surface area contributed by atoms with E-state index in [1.165, 1.54) is 138 Å². The maximum Gasteiger partial charge on any atom is 0.344 e. The zero-order valence-electron chi connectivity index (χ0n) is 69.0. The Kier molecular flexibility index (Phi) is 24.5. The molecule has 16 bridgehead atoms. The Labute approximate surface area is 654 Å². The molecule has 0 saturated heterocycles. The van der Waals surface area contributed by atoms with Gasteiger partial charge in [-0.3, -0.25) is 0 Å². The van der Waals surface area contributed by atoms with Gasteiger partial charge in [-0.1, -0.05) is 117 Å². The molecule has 4 aromatic carbocycles. The molecule has 0 heterocycles. The first-order valence-electron chi connectivity index (χ1n) is 43.7. The van der Waals surface area contributed by atoms with Crippen LogP contribution in [0.3, 0.4) is 0 Å². The highest BCUT2D eigenvalue weighted by Gasteiger charge is 2.74. The van der Waals surface area contributed by atoms with E-state index >= 15 is 0 Å². The third kappa shape index (κ3) is 16.6. The summed E-state index contributed by atoms with van der Waals surface area (Å²) in [6.07, 6.45) is 33.1. The van der Waals surface area contributed by atoms with Gasteiger partial charge >= 0.3 is 35.8 Å². The fourth-order valence-electron chi connectivity index (χ4n) is 25.6. The van der Waals surface area contributed by atoms with Crippen molar-refractivity contribution in [1.29, 1.82) is 0 Å². The first kappa shape index (κ1) is 80.7. The minimum Gasteiger partial charge on any atom is -0.457 e. The predicted molar refractivity (Wildman–Crippen MR) is 429 cm³/mol. The van der Waals surface area contributed by atoms with E-state index in [1.807, 2.05) is 55.5 Å². The van der Waals surface area contributed by atoms with E-state index in [1.54, 1.807) is 24.3 Å². The molecule has 109 heavy (non-hydrogen) atoms. The average molecular weight is 1490 g/mol. The van der Waals surface area contributed by atoms with Crippen LogP contribution in [-0.4, -0.2) is 71.4 Å². The Morgan fingerprint density at radius 1 is 0.385 bits per heavy atom. The van der Waals surface area contributed by atoms with Crippen LogP contribution in [-0.2, 0) is 38.0 Å². The average Bonchev–Trinajstić information content (AvgIpc) is 0.662.